The predicted octanol–water partition coefficient (Wildman–Crippen LogP) is 14.8. The minimum atomic E-state index is -1.68. The standard InChI is InChI=1S/C66H123NO10/c1-3-5-7-9-11-13-15-17-19-21-23-25-26-27-28-29-30-31-32-33-34-36-37-39-41-43-45-47-49-51-53-58(69)61(71)57(56-76-66-64(74)63(73)62(72)60(55-68)77-66)67-65(75)59(70)54-52-50-48-46-44-42-40-38-35-24-22-20-18-16-14-12-10-8-6-4-2/h32-33,35,37-39,45,47,57-64,66,68-74H,3-31,34,36,40-44,46,48-56H2,1-2H3,(H,67,75)/b33-32+,38-35-,39-37+,47-45+. The van der Waals surface area contributed by atoms with Crippen LogP contribution in [0.2, 0.25) is 0 Å². The van der Waals surface area contributed by atoms with Crippen LogP contribution in [0.1, 0.15) is 296 Å². The van der Waals surface area contributed by atoms with Crippen LogP contribution in [0.15, 0.2) is 48.6 Å². The lowest BCUT2D eigenvalue weighted by Crippen LogP contribution is -2.60. The Morgan fingerprint density at radius 3 is 1.16 bits per heavy atom. The minimum absolute atomic E-state index is 0.239. The minimum Gasteiger partial charge on any atom is -0.394 e. The maximum absolute atomic E-state index is 13.2. The normalized spacial score (nSPS) is 19.8. The summed E-state index contributed by atoms with van der Waals surface area (Å²) in [7, 11) is 0. The number of carbonyl (C=O) groups is 1. The van der Waals surface area contributed by atoms with Crippen LogP contribution in [0.3, 0.4) is 0 Å². The predicted molar refractivity (Wildman–Crippen MR) is 321 cm³/mol. The number of hydrogen-bond acceptors (Lipinski definition) is 10. The van der Waals surface area contributed by atoms with E-state index in [-0.39, 0.29) is 12.8 Å². The van der Waals surface area contributed by atoms with Crippen LogP contribution < -0.4 is 5.32 Å². The van der Waals surface area contributed by atoms with Gasteiger partial charge >= 0.3 is 0 Å². The number of rotatable bonds is 56. The molecule has 0 spiro atoms. The summed E-state index contributed by atoms with van der Waals surface area (Å²) in [4.78, 5) is 13.2. The van der Waals surface area contributed by atoms with Gasteiger partial charge in [-0.1, -0.05) is 255 Å². The molecule has 1 aliphatic rings. The molecule has 1 fully saturated rings. The quantitative estimate of drug-likeness (QED) is 0.0215. The molecule has 1 saturated heterocycles. The highest BCUT2D eigenvalue weighted by molar-refractivity contribution is 5.80. The summed E-state index contributed by atoms with van der Waals surface area (Å²) in [6.45, 7) is 3.46. The molecule has 8 N–H and O–H groups in total. The van der Waals surface area contributed by atoms with Crippen molar-refractivity contribution in [3.8, 4) is 0 Å². The number of aliphatic hydroxyl groups is 7. The van der Waals surface area contributed by atoms with Crippen molar-refractivity contribution in [3.05, 3.63) is 48.6 Å². The number of carbonyl (C=O) groups excluding carboxylic acids is 1. The molecule has 1 aliphatic heterocycles. The van der Waals surface area contributed by atoms with Gasteiger partial charge in [0.05, 0.1) is 25.4 Å². The lowest BCUT2D eigenvalue weighted by Gasteiger charge is -2.40. The van der Waals surface area contributed by atoms with Crippen molar-refractivity contribution >= 4 is 5.91 Å². The summed E-state index contributed by atoms with van der Waals surface area (Å²) in [6.07, 6.45) is 59.0. The Hall–Kier alpha value is -1.93. The molecule has 0 aliphatic carbocycles. The number of allylic oxidation sites excluding steroid dienone is 8. The maximum atomic E-state index is 13.2. The van der Waals surface area contributed by atoms with E-state index in [0.29, 0.717) is 19.3 Å². The first-order valence-corrected chi connectivity index (χ1v) is 32.5. The summed E-state index contributed by atoms with van der Waals surface area (Å²) in [6, 6.07) is -1.20. The van der Waals surface area contributed by atoms with Crippen molar-refractivity contribution in [3.63, 3.8) is 0 Å². The van der Waals surface area contributed by atoms with Gasteiger partial charge in [0.15, 0.2) is 6.29 Å². The molecule has 1 heterocycles. The average Bonchev–Trinajstić information content (AvgIpc) is 3.43. The summed E-state index contributed by atoms with van der Waals surface area (Å²) in [5, 5.41) is 76.3. The van der Waals surface area contributed by atoms with Crippen molar-refractivity contribution in [2.45, 2.75) is 351 Å². The lowest BCUT2D eigenvalue weighted by atomic mass is 9.98. The SMILES string of the molecule is CCCCCCCCCCCC/C=C\CCCCCCCCC(O)C(=O)NC(COC1OC(CO)C(O)C(O)C1O)C(O)C(O)CCC/C=C/CC/C=C/CC/C=C/CCCCCCCCCCCCCCCCCCC. The summed E-state index contributed by atoms with van der Waals surface area (Å²) in [5.74, 6) is -0.715. The van der Waals surface area contributed by atoms with Crippen molar-refractivity contribution in [1.82, 2.24) is 5.32 Å². The fourth-order valence-corrected chi connectivity index (χ4v) is 10.3. The first-order chi connectivity index (χ1) is 37.7. The average molecular weight is 1090 g/mol. The molecule has 0 aromatic heterocycles. The van der Waals surface area contributed by atoms with Gasteiger partial charge in [-0.25, -0.2) is 0 Å². The molecule has 0 aromatic rings. The van der Waals surface area contributed by atoms with Gasteiger partial charge < -0.3 is 50.5 Å². The van der Waals surface area contributed by atoms with Gasteiger partial charge in [-0.3, -0.25) is 4.79 Å². The fraction of sp³-hybridized carbons (Fsp3) is 0.864. The molecular formula is C66H123NO10. The van der Waals surface area contributed by atoms with Crippen LogP contribution in [0.4, 0.5) is 0 Å². The van der Waals surface area contributed by atoms with Gasteiger partial charge in [-0.15, -0.1) is 0 Å². The molecule has 11 nitrogen and oxygen atoms in total. The van der Waals surface area contributed by atoms with E-state index in [1.807, 2.05) is 0 Å². The second-order valence-corrected chi connectivity index (χ2v) is 22.8. The highest BCUT2D eigenvalue weighted by Gasteiger charge is 2.44. The molecule has 9 atom stereocenters. The van der Waals surface area contributed by atoms with E-state index in [2.05, 4.69) is 67.8 Å². The molecule has 0 aromatic carbocycles. The van der Waals surface area contributed by atoms with Crippen molar-refractivity contribution in [1.29, 1.82) is 0 Å². The molecule has 9 unspecified atom stereocenters. The Balaban J connectivity index is 2.29. The Labute approximate surface area is 472 Å². The zero-order chi connectivity index (χ0) is 56.1. The number of amides is 1. The largest absolute Gasteiger partial charge is 0.394 e. The van der Waals surface area contributed by atoms with Crippen LogP contribution in [0, 0.1) is 0 Å². The Bertz CT molecular complexity index is 1390. The Morgan fingerprint density at radius 1 is 0.442 bits per heavy atom. The first kappa shape index (κ1) is 73.1. The topological polar surface area (TPSA) is 189 Å². The third-order valence-electron chi connectivity index (χ3n) is 15.6. The molecule has 0 radical (unpaired) electrons. The van der Waals surface area contributed by atoms with Gasteiger partial charge in [0.1, 0.15) is 36.6 Å². The van der Waals surface area contributed by atoms with Gasteiger partial charge in [-0.05, 0) is 89.9 Å². The van der Waals surface area contributed by atoms with Gasteiger partial charge in [0.2, 0.25) is 5.91 Å². The maximum Gasteiger partial charge on any atom is 0.249 e. The van der Waals surface area contributed by atoms with Crippen LogP contribution in [0.5, 0.6) is 0 Å². The molecule has 77 heavy (non-hydrogen) atoms. The van der Waals surface area contributed by atoms with Crippen molar-refractivity contribution in [2.75, 3.05) is 13.2 Å². The van der Waals surface area contributed by atoms with E-state index >= 15 is 0 Å². The number of aliphatic hydroxyl groups excluding tert-OH is 7. The zero-order valence-corrected chi connectivity index (χ0v) is 49.7. The number of nitrogens with one attached hydrogen (secondary N) is 1. The molecule has 1 amide bonds. The molecule has 1 rings (SSSR count). The highest BCUT2D eigenvalue weighted by atomic mass is 16.7. The summed E-state index contributed by atoms with van der Waals surface area (Å²) in [5.41, 5.74) is 0. The van der Waals surface area contributed by atoms with E-state index in [4.69, 9.17) is 9.47 Å². The van der Waals surface area contributed by atoms with E-state index in [1.165, 1.54) is 186 Å². The molecule has 0 saturated carbocycles. The molecule has 11 heteroatoms. The number of ether oxygens (including phenoxy) is 2. The second kappa shape index (κ2) is 54.6. The zero-order valence-electron chi connectivity index (χ0n) is 49.7. The smallest absolute Gasteiger partial charge is 0.249 e. The monoisotopic (exact) mass is 1090 g/mol. The van der Waals surface area contributed by atoms with Gasteiger partial charge in [0, 0.05) is 0 Å². The van der Waals surface area contributed by atoms with E-state index < -0.39 is 74.2 Å². The Morgan fingerprint density at radius 2 is 0.779 bits per heavy atom. The molecule has 452 valence electrons. The number of hydrogen-bond donors (Lipinski definition) is 8. The van der Waals surface area contributed by atoms with E-state index in [1.54, 1.807) is 0 Å². The summed E-state index contributed by atoms with van der Waals surface area (Å²) < 4.78 is 11.1. The molecular weight excluding hydrogens is 967 g/mol. The summed E-state index contributed by atoms with van der Waals surface area (Å²) >= 11 is 0. The number of unbranched alkanes of at least 4 members (excludes halogenated alkanes) is 36. The van der Waals surface area contributed by atoms with Gasteiger partial charge in [-0.2, -0.15) is 0 Å². The highest BCUT2D eigenvalue weighted by Crippen LogP contribution is 2.23. The lowest BCUT2D eigenvalue weighted by molar-refractivity contribution is -0.303. The van der Waals surface area contributed by atoms with Crippen LogP contribution in [-0.2, 0) is 14.3 Å². The van der Waals surface area contributed by atoms with Gasteiger partial charge in [0.25, 0.3) is 0 Å². The fourth-order valence-electron chi connectivity index (χ4n) is 10.3. The second-order valence-electron chi connectivity index (χ2n) is 22.8. The van der Waals surface area contributed by atoms with Crippen LogP contribution in [0.25, 0.3) is 0 Å². The van der Waals surface area contributed by atoms with Crippen molar-refractivity contribution in [2.24, 2.45) is 0 Å². The third-order valence-corrected chi connectivity index (χ3v) is 15.6. The van der Waals surface area contributed by atoms with Crippen LogP contribution in [-0.4, -0.2) is 110 Å². The molecule has 0 bridgehead atoms. The van der Waals surface area contributed by atoms with Crippen molar-refractivity contribution < 1.29 is 50.0 Å². The first-order valence-electron chi connectivity index (χ1n) is 32.5. The van der Waals surface area contributed by atoms with E-state index in [9.17, 15) is 40.5 Å². The van der Waals surface area contributed by atoms with E-state index in [0.717, 1.165) is 64.2 Å². The van der Waals surface area contributed by atoms with Crippen LogP contribution >= 0.6 is 0 Å². The Kier molecular flexibility index (Phi) is 51.9. The third kappa shape index (κ3) is 42.6.